The Kier molecular flexibility index (Phi) is 2.70. The highest BCUT2D eigenvalue weighted by molar-refractivity contribution is 5.16. The fourth-order valence-corrected chi connectivity index (χ4v) is 1.24. The van der Waals surface area contributed by atoms with Crippen LogP contribution < -0.4 is 0 Å². The molecule has 0 aromatic carbocycles. The Labute approximate surface area is 73.5 Å². The number of hydrogen-bond donors (Lipinski definition) is 1. The molecule has 0 fully saturated rings. The molecule has 0 atom stereocenters. The zero-order chi connectivity index (χ0) is 9.19. The van der Waals surface area contributed by atoms with E-state index in [0.717, 1.165) is 0 Å². The first-order valence-electron chi connectivity index (χ1n) is 4.25. The van der Waals surface area contributed by atoms with Crippen LogP contribution in [-0.4, -0.2) is 10.9 Å². The Bertz CT molecular complexity index is 190. The molecule has 0 spiro atoms. The van der Waals surface area contributed by atoms with Crippen LogP contribution in [0.4, 0.5) is 0 Å². The largest absolute Gasteiger partial charge is 0.251 e. The van der Waals surface area contributed by atoms with Gasteiger partial charge < -0.3 is 0 Å². The van der Waals surface area contributed by atoms with E-state index in [-0.39, 0.29) is 5.92 Å². The van der Waals surface area contributed by atoms with E-state index in [0.29, 0.717) is 5.92 Å². The van der Waals surface area contributed by atoms with Gasteiger partial charge in [0.1, 0.15) is 5.60 Å². The van der Waals surface area contributed by atoms with Gasteiger partial charge in [0, 0.05) is 5.92 Å². The Morgan fingerprint density at radius 3 is 2.08 bits per heavy atom. The summed E-state index contributed by atoms with van der Waals surface area (Å²) in [6, 6.07) is 0. The van der Waals surface area contributed by atoms with Gasteiger partial charge in [-0.1, -0.05) is 31.2 Å². The Morgan fingerprint density at radius 1 is 1.17 bits per heavy atom. The Morgan fingerprint density at radius 2 is 1.67 bits per heavy atom. The van der Waals surface area contributed by atoms with Crippen LogP contribution in [0.3, 0.4) is 0 Å². The van der Waals surface area contributed by atoms with Crippen LogP contribution in [0.2, 0.25) is 0 Å². The van der Waals surface area contributed by atoms with Gasteiger partial charge in [0.05, 0.1) is 0 Å². The van der Waals surface area contributed by atoms with Crippen LogP contribution >= 0.6 is 0 Å². The molecule has 0 unspecified atom stereocenters. The number of rotatable bonds is 2. The van der Waals surface area contributed by atoms with Crippen molar-refractivity contribution in [3.05, 3.63) is 24.3 Å². The molecule has 2 nitrogen and oxygen atoms in total. The summed E-state index contributed by atoms with van der Waals surface area (Å²) < 4.78 is 0. The lowest BCUT2D eigenvalue weighted by atomic mass is 9.86. The van der Waals surface area contributed by atoms with Crippen LogP contribution in [0, 0.1) is 11.8 Å². The summed E-state index contributed by atoms with van der Waals surface area (Å²) >= 11 is 0. The van der Waals surface area contributed by atoms with E-state index in [9.17, 15) is 0 Å². The topological polar surface area (TPSA) is 29.5 Å². The first kappa shape index (κ1) is 9.49. The number of allylic oxidation sites excluding steroid dienone is 2. The molecule has 0 heterocycles. The Balaban J connectivity index is 2.67. The van der Waals surface area contributed by atoms with E-state index < -0.39 is 5.60 Å². The second-order valence-corrected chi connectivity index (χ2v) is 3.85. The highest BCUT2D eigenvalue weighted by atomic mass is 17.1. The third kappa shape index (κ3) is 1.96. The van der Waals surface area contributed by atoms with Crippen molar-refractivity contribution in [2.24, 2.45) is 11.8 Å². The minimum absolute atomic E-state index is 0.165. The average Bonchev–Trinajstić information content (AvgIpc) is 2.05. The molecule has 0 aromatic heterocycles. The maximum Gasteiger partial charge on any atom is 0.107 e. The van der Waals surface area contributed by atoms with E-state index >= 15 is 0 Å². The van der Waals surface area contributed by atoms with Gasteiger partial charge in [-0.2, -0.15) is 0 Å². The lowest BCUT2D eigenvalue weighted by Gasteiger charge is -2.28. The summed E-state index contributed by atoms with van der Waals surface area (Å²) in [7, 11) is 0. The third-order valence-corrected chi connectivity index (χ3v) is 2.28. The molecule has 0 aliphatic heterocycles. The predicted molar refractivity (Wildman–Crippen MR) is 48.7 cm³/mol. The van der Waals surface area contributed by atoms with Gasteiger partial charge in [0.25, 0.3) is 0 Å². The molecular weight excluding hydrogens is 152 g/mol. The lowest BCUT2D eigenvalue weighted by molar-refractivity contribution is -0.319. The minimum Gasteiger partial charge on any atom is -0.251 e. The quantitative estimate of drug-likeness (QED) is 0.390. The maximum atomic E-state index is 8.64. The molecule has 12 heavy (non-hydrogen) atoms. The smallest absolute Gasteiger partial charge is 0.107 e. The predicted octanol–water partition coefficient (Wildman–Crippen LogP) is 2.63. The zero-order valence-electron chi connectivity index (χ0n) is 7.82. The fraction of sp³-hybridized carbons (Fsp3) is 0.600. The van der Waals surface area contributed by atoms with Crippen LogP contribution in [0.1, 0.15) is 20.8 Å². The molecular formula is C10H16O2. The second kappa shape index (κ2) is 3.42. The van der Waals surface area contributed by atoms with Crippen LogP contribution in [0.15, 0.2) is 24.3 Å². The van der Waals surface area contributed by atoms with Gasteiger partial charge in [0.15, 0.2) is 0 Å². The highest BCUT2D eigenvalue weighted by Crippen LogP contribution is 2.26. The summed E-state index contributed by atoms with van der Waals surface area (Å²) in [6.45, 7) is 5.85. The van der Waals surface area contributed by atoms with Gasteiger partial charge in [-0.15, -0.1) is 0 Å². The van der Waals surface area contributed by atoms with Gasteiger partial charge in [0.2, 0.25) is 0 Å². The standard InChI is InChI=1S/C10H16O2/c1-8-4-6-9(7-5-8)10(2,3)12-11/h4-9,11H,1-3H3. The van der Waals surface area contributed by atoms with E-state index in [1.54, 1.807) is 0 Å². The van der Waals surface area contributed by atoms with Crippen molar-refractivity contribution in [2.45, 2.75) is 26.4 Å². The third-order valence-electron chi connectivity index (χ3n) is 2.28. The molecule has 2 heteroatoms. The van der Waals surface area contributed by atoms with Crippen LogP contribution in [-0.2, 0) is 4.89 Å². The minimum atomic E-state index is -0.521. The van der Waals surface area contributed by atoms with Crippen molar-refractivity contribution < 1.29 is 10.1 Å². The van der Waals surface area contributed by atoms with E-state index in [1.807, 2.05) is 13.8 Å². The van der Waals surface area contributed by atoms with Gasteiger partial charge in [-0.05, 0) is 19.8 Å². The molecule has 1 N–H and O–H groups in total. The molecule has 1 rings (SSSR count). The van der Waals surface area contributed by atoms with Gasteiger partial charge in [-0.25, -0.2) is 4.89 Å². The normalized spacial score (nSPS) is 29.3. The molecule has 1 aliphatic rings. The monoisotopic (exact) mass is 168 g/mol. The summed E-state index contributed by atoms with van der Waals surface area (Å²) in [5.74, 6) is 0.662. The van der Waals surface area contributed by atoms with Gasteiger partial charge >= 0.3 is 0 Å². The highest BCUT2D eigenvalue weighted by Gasteiger charge is 2.28. The number of hydrogen-bond acceptors (Lipinski definition) is 2. The summed E-state index contributed by atoms with van der Waals surface area (Å²) in [4.78, 5) is 4.41. The van der Waals surface area contributed by atoms with E-state index in [2.05, 4.69) is 36.1 Å². The van der Waals surface area contributed by atoms with Gasteiger partial charge in [-0.3, -0.25) is 5.26 Å². The second-order valence-electron chi connectivity index (χ2n) is 3.85. The van der Waals surface area contributed by atoms with E-state index in [4.69, 9.17) is 5.26 Å². The summed E-state index contributed by atoms with van der Waals surface area (Å²) in [5.41, 5.74) is -0.521. The molecule has 0 saturated carbocycles. The zero-order valence-corrected chi connectivity index (χ0v) is 7.82. The van der Waals surface area contributed by atoms with Crippen LogP contribution in [0.5, 0.6) is 0 Å². The first-order chi connectivity index (χ1) is 5.56. The van der Waals surface area contributed by atoms with Crippen molar-refractivity contribution in [1.82, 2.24) is 0 Å². The van der Waals surface area contributed by atoms with Crippen molar-refractivity contribution in [2.75, 3.05) is 0 Å². The molecule has 0 amide bonds. The van der Waals surface area contributed by atoms with Crippen molar-refractivity contribution in [3.63, 3.8) is 0 Å². The Hall–Kier alpha value is -0.600. The fourth-order valence-electron chi connectivity index (χ4n) is 1.24. The molecule has 0 radical (unpaired) electrons. The summed E-state index contributed by atoms with van der Waals surface area (Å²) in [5, 5.41) is 8.64. The first-order valence-corrected chi connectivity index (χ1v) is 4.25. The molecule has 0 saturated heterocycles. The average molecular weight is 168 g/mol. The van der Waals surface area contributed by atoms with Crippen molar-refractivity contribution in [1.29, 1.82) is 0 Å². The van der Waals surface area contributed by atoms with Crippen LogP contribution in [0.25, 0.3) is 0 Å². The molecule has 0 bridgehead atoms. The summed E-state index contributed by atoms with van der Waals surface area (Å²) in [6.07, 6.45) is 8.37. The molecule has 1 aliphatic carbocycles. The van der Waals surface area contributed by atoms with Crippen molar-refractivity contribution in [3.8, 4) is 0 Å². The van der Waals surface area contributed by atoms with Crippen molar-refractivity contribution >= 4 is 0 Å². The molecule has 68 valence electrons. The lowest BCUT2D eigenvalue weighted by Crippen LogP contribution is -2.31. The molecule has 0 aromatic rings. The van der Waals surface area contributed by atoms with E-state index in [1.165, 1.54) is 0 Å². The maximum absolute atomic E-state index is 8.64. The SMILES string of the molecule is CC1C=CC(C(C)(C)OO)C=C1.